The SMILES string of the molecule is c1cc2sc(CNCCCNC3CC3)cc2s1. The summed E-state index contributed by atoms with van der Waals surface area (Å²) in [4.78, 5) is 1.46. The Kier molecular flexibility index (Phi) is 3.76. The molecule has 1 aliphatic carbocycles. The van der Waals surface area contributed by atoms with Crippen molar-refractivity contribution in [2.75, 3.05) is 13.1 Å². The van der Waals surface area contributed by atoms with E-state index in [1.807, 2.05) is 22.7 Å². The molecule has 2 nitrogen and oxygen atoms in total. The van der Waals surface area contributed by atoms with Crippen LogP contribution in [0.1, 0.15) is 24.1 Å². The third kappa shape index (κ3) is 3.28. The Morgan fingerprint density at radius 3 is 3.00 bits per heavy atom. The zero-order chi connectivity index (χ0) is 11.5. The van der Waals surface area contributed by atoms with E-state index in [1.165, 1.54) is 33.5 Å². The van der Waals surface area contributed by atoms with Crippen molar-refractivity contribution in [3.63, 3.8) is 0 Å². The summed E-state index contributed by atoms with van der Waals surface area (Å²) in [5, 5.41) is 9.23. The van der Waals surface area contributed by atoms with Crippen LogP contribution in [0, 0.1) is 0 Å². The number of hydrogen-bond acceptors (Lipinski definition) is 4. The molecule has 92 valence electrons. The molecule has 0 spiro atoms. The maximum absolute atomic E-state index is 3.54. The van der Waals surface area contributed by atoms with E-state index in [0.717, 1.165) is 25.7 Å². The number of fused-ring (bicyclic) bond motifs is 1. The van der Waals surface area contributed by atoms with Gasteiger partial charge in [-0.05, 0) is 49.9 Å². The quantitative estimate of drug-likeness (QED) is 0.752. The lowest BCUT2D eigenvalue weighted by molar-refractivity contribution is 0.595. The van der Waals surface area contributed by atoms with E-state index in [-0.39, 0.29) is 0 Å². The Morgan fingerprint density at radius 2 is 2.18 bits per heavy atom. The molecule has 0 amide bonds. The first kappa shape index (κ1) is 11.7. The highest BCUT2D eigenvalue weighted by molar-refractivity contribution is 7.26. The fourth-order valence-corrected chi connectivity index (χ4v) is 4.03. The van der Waals surface area contributed by atoms with Gasteiger partial charge >= 0.3 is 0 Å². The van der Waals surface area contributed by atoms with Crippen molar-refractivity contribution in [2.24, 2.45) is 0 Å². The van der Waals surface area contributed by atoms with Crippen molar-refractivity contribution in [1.29, 1.82) is 0 Å². The fraction of sp³-hybridized carbons (Fsp3) is 0.538. The number of hydrogen-bond donors (Lipinski definition) is 2. The van der Waals surface area contributed by atoms with Crippen molar-refractivity contribution in [3.05, 3.63) is 22.4 Å². The molecule has 2 N–H and O–H groups in total. The standard InChI is InChI=1S/C13H18N2S2/c1(6-15-10-2-3-10)5-14-9-11-8-13-12(17-11)4-7-16-13/h4,7-8,10,14-15H,1-3,5-6,9H2. The molecule has 0 aromatic carbocycles. The Bertz CT molecular complexity index is 442. The highest BCUT2D eigenvalue weighted by Gasteiger charge is 2.19. The molecule has 0 bridgehead atoms. The van der Waals surface area contributed by atoms with Crippen molar-refractivity contribution in [2.45, 2.75) is 31.8 Å². The van der Waals surface area contributed by atoms with E-state index in [0.29, 0.717) is 0 Å². The largest absolute Gasteiger partial charge is 0.314 e. The summed E-state index contributed by atoms with van der Waals surface area (Å²) >= 11 is 3.75. The Hall–Kier alpha value is -0.420. The summed E-state index contributed by atoms with van der Waals surface area (Å²) in [7, 11) is 0. The van der Waals surface area contributed by atoms with Gasteiger partial charge in [0, 0.05) is 26.9 Å². The predicted molar refractivity (Wildman–Crippen MR) is 77.1 cm³/mol. The van der Waals surface area contributed by atoms with Crippen LogP contribution >= 0.6 is 22.7 Å². The van der Waals surface area contributed by atoms with E-state index in [1.54, 1.807) is 0 Å². The van der Waals surface area contributed by atoms with Crippen LogP contribution < -0.4 is 10.6 Å². The van der Waals surface area contributed by atoms with Crippen molar-refractivity contribution in [1.82, 2.24) is 10.6 Å². The van der Waals surface area contributed by atoms with E-state index in [9.17, 15) is 0 Å². The lowest BCUT2D eigenvalue weighted by Crippen LogP contribution is -2.22. The van der Waals surface area contributed by atoms with E-state index >= 15 is 0 Å². The molecule has 0 unspecified atom stereocenters. The van der Waals surface area contributed by atoms with Crippen molar-refractivity contribution in [3.8, 4) is 0 Å². The van der Waals surface area contributed by atoms with Gasteiger partial charge in [-0.1, -0.05) is 0 Å². The maximum atomic E-state index is 3.54. The number of rotatable bonds is 7. The molecular weight excluding hydrogens is 248 g/mol. The van der Waals surface area contributed by atoms with Crippen LogP contribution in [-0.2, 0) is 6.54 Å². The van der Waals surface area contributed by atoms with Gasteiger partial charge in [0.25, 0.3) is 0 Å². The van der Waals surface area contributed by atoms with Crippen LogP contribution in [-0.4, -0.2) is 19.1 Å². The Labute approximate surface area is 110 Å². The molecule has 1 aliphatic rings. The molecular formula is C13H18N2S2. The average molecular weight is 266 g/mol. The van der Waals surface area contributed by atoms with Gasteiger partial charge in [0.15, 0.2) is 0 Å². The van der Waals surface area contributed by atoms with Crippen LogP contribution in [0.25, 0.3) is 9.40 Å². The smallest absolute Gasteiger partial charge is 0.0453 e. The summed E-state index contributed by atoms with van der Waals surface area (Å²) in [6.45, 7) is 3.30. The summed E-state index contributed by atoms with van der Waals surface area (Å²) < 4.78 is 2.87. The van der Waals surface area contributed by atoms with Gasteiger partial charge in [0.1, 0.15) is 0 Å². The summed E-state index contributed by atoms with van der Waals surface area (Å²) in [6.07, 6.45) is 4.01. The van der Waals surface area contributed by atoms with Crippen molar-refractivity contribution >= 4 is 32.1 Å². The highest BCUT2D eigenvalue weighted by atomic mass is 32.1. The Balaban J connectivity index is 1.34. The van der Waals surface area contributed by atoms with Crippen LogP contribution in [0.5, 0.6) is 0 Å². The average Bonchev–Trinajstić information content (AvgIpc) is 2.90. The van der Waals surface area contributed by atoms with Crippen LogP contribution in [0.2, 0.25) is 0 Å². The molecule has 0 radical (unpaired) electrons. The molecule has 1 saturated carbocycles. The van der Waals surface area contributed by atoms with E-state index in [2.05, 4.69) is 28.1 Å². The van der Waals surface area contributed by atoms with E-state index in [4.69, 9.17) is 0 Å². The second kappa shape index (κ2) is 5.48. The molecule has 3 rings (SSSR count). The maximum Gasteiger partial charge on any atom is 0.0453 e. The first-order chi connectivity index (χ1) is 8.42. The van der Waals surface area contributed by atoms with Gasteiger partial charge in [-0.3, -0.25) is 0 Å². The molecule has 17 heavy (non-hydrogen) atoms. The molecule has 4 heteroatoms. The molecule has 2 aromatic heterocycles. The lowest BCUT2D eigenvalue weighted by atomic mass is 10.4. The summed E-state index contributed by atoms with van der Waals surface area (Å²) in [5.74, 6) is 0. The monoisotopic (exact) mass is 266 g/mol. The third-order valence-electron chi connectivity index (χ3n) is 3.03. The number of thiophene rings is 2. The van der Waals surface area contributed by atoms with Crippen LogP contribution in [0.4, 0.5) is 0 Å². The van der Waals surface area contributed by atoms with Crippen LogP contribution in [0.15, 0.2) is 17.5 Å². The minimum absolute atomic E-state index is 0.846. The van der Waals surface area contributed by atoms with Gasteiger partial charge in [0.05, 0.1) is 0 Å². The first-order valence-corrected chi connectivity index (χ1v) is 8.01. The first-order valence-electron chi connectivity index (χ1n) is 6.32. The molecule has 2 heterocycles. The topological polar surface area (TPSA) is 24.1 Å². The highest BCUT2D eigenvalue weighted by Crippen LogP contribution is 2.29. The normalized spacial score (nSPS) is 15.8. The molecule has 0 saturated heterocycles. The Morgan fingerprint density at radius 1 is 1.24 bits per heavy atom. The van der Waals surface area contributed by atoms with Gasteiger partial charge in [-0.2, -0.15) is 0 Å². The number of nitrogens with one attached hydrogen (secondary N) is 2. The lowest BCUT2D eigenvalue weighted by Gasteiger charge is -2.04. The summed E-state index contributed by atoms with van der Waals surface area (Å²) in [6, 6.07) is 5.38. The van der Waals surface area contributed by atoms with Gasteiger partial charge in [-0.15, -0.1) is 22.7 Å². The minimum atomic E-state index is 0.846. The minimum Gasteiger partial charge on any atom is -0.314 e. The second-order valence-corrected chi connectivity index (χ2v) is 6.74. The third-order valence-corrected chi connectivity index (χ3v) is 5.12. The predicted octanol–water partition coefficient (Wildman–Crippen LogP) is 3.19. The summed E-state index contributed by atoms with van der Waals surface area (Å²) in [5.41, 5.74) is 0. The zero-order valence-electron chi connectivity index (χ0n) is 9.87. The molecule has 0 aliphatic heterocycles. The van der Waals surface area contributed by atoms with Gasteiger partial charge in [-0.25, -0.2) is 0 Å². The molecule has 0 atom stereocenters. The molecule has 2 aromatic rings. The zero-order valence-corrected chi connectivity index (χ0v) is 11.5. The fourth-order valence-electron chi connectivity index (χ4n) is 1.92. The van der Waals surface area contributed by atoms with Crippen LogP contribution in [0.3, 0.4) is 0 Å². The second-order valence-electron chi connectivity index (χ2n) is 4.62. The van der Waals surface area contributed by atoms with E-state index < -0.39 is 0 Å². The molecule has 1 fully saturated rings. The van der Waals surface area contributed by atoms with Gasteiger partial charge in [0.2, 0.25) is 0 Å². The van der Waals surface area contributed by atoms with Gasteiger partial charge < -0.3 is 10.6 Å². The van der Waals surface area contributed by atoms with Crippen molar-refractivity contribution < 1.29 is 0 Å².